The lowest BCUT2D eigenvalue weighted by Gasteiger charge is -2.14. The van der Waals surface area contributed by atoms with Gasteiger partial charge in [0, 0.05) is 12.1 Å². The summed E-state index contributed by atoms with van der Waals surface area (Å²) in [4.78, 5) is 10.1. The molecule has 0 spiro atoms. The first-order valence-electron chi connectivity index (χ1n) is 6.12. The molecule has 6 nitrogen and oxygen atoms in total. The predicted octanol–water partition coefficient (Wildman–Crippen LogP) is 2.52. The van der Waals surface area contributed by atoms with E-state index >= 15 is 0 Å². The van der Waals surface area contributed by atoms with Crippen LogP contribution in [0.3, 0.4) is 0 Å². The van der Waals surface area contributed by atoms with Gasteiger partial charge in [0.1, 0.15) is 11.4 Å². The van der Waals surface area contributed by atoms with Crippen molar-refractivity contribution in [2.45, 2.75) is 31.7 Å². The van der Waals surface area contributed by atoms with Crippen LogP contribution < -0.4 is 10.5 Å². The molecule has 0 amide bonds. The molecule has 2 N–H and O–H groups in total. The van der Waals surface area contributed by atoms with Gasteiger partial charge in [-0.1, -0.05) is 0 Å². The minimum absolute atomic E-state index is 0.0919. The molecular weight excluding hydrogens is 265 g/mol. The number of hydrogen-bond acceptors (Lipinski definition) is 5. The highest BCUT2D eigenvalue weighted by Gasteiger charge is 2.17. The van der Waals surface area contributed by atoms with E-state index in [0.29, 0.717) is 19.3 Å². The maximum Gasteiger partial charge on any atom is 0.311 e. The second-order valence-electron chi connectivity index (χ2n) is 4.70. The Morgan fingerprint density at radius 2 is 2.25 bits per heavy atom. The van der Waals surface area contributed by atoms with Crippen LogP contribution in [-0.4, -0.2) is 17.1 Å². The van der Waals surface area contributed by atoms with Crippen LogP contribution in [0.1, 0.15) is 26.2 Å². The number of unbranched alkanes of at least 4 members (excludes halogenated alkanes) is 1. The van der Waals surface area contributed by atoms with Gasteiger partial charge in [-0.2, -0.15) is 5.26 Å². The van der Waals surface area contributed by atoms with Crippen LogP contribution in [0.4, 0.5) is 10.1 Å². The second-order valence-corrected chi connectivity index (χ2v) is 4.70. The van der Waals surface area contributed by atoms with Crippen LogP contribution in [0.5, 0.6) is 5.75 Å². The van der Waals surface area contributed by atoms with Gasteiger partial charge in [0.25, 0.3) is 0 Å². The third-order valence-corrected chi connectivity index (χ3v) is 2.72. The Labute approximate surface area is 116 Å². The molecule has 1 rings (SSSR count). The Kier molecular flexibility index (Phi) is 5.41. The fraction of sp³-hybridized carbons (Fsp3) is 0.462. The number of ether oxygens (including phenoxy) is 1. The van der Waals surface area contributed by atoms with Gasteiger partial charge < -0.3 is 10.5 Å². The molecular formula is C13H16FN3O3. The van der Waals surface area contributed by atoms with Crippen molar-refractivity contribution >= 4 is 5.69 Å². The molecule has 0 bridgehead atoms. The molecule has 0 aliphatic rings. The first-order valence-corrected chi connectivity index (χ1v) is 6.12. The van der Waals surface area contributed by atoms with Crippen LogP contribution in [-0.2, 0) is 0 Å². The summed E-state index contributed by atoms with van der Waals surface area (Å²) in [5.74, 6) is -0.685. The van der Waals surface area contributed by atoms with Crippen LogP contribution in [0.2, 0.25) is 0 Å². The van der Waals surface area contributed by atoms with Crippen LogP contribution in [0, 0.1) is 27.3 Å². The largest absolute Gasteiger partial charge is 0.487 e. The van der Waals surface area contributed by atoms with Crippen LogP contribution in [0.25, 0.3) is 0 Å². The van der Waals surface area contributed by atoms with Gasteiger partial charge in [0.2, 0.25) is 0 Å². The Balaban J connectivity index is 2.49. The van der Waals surface area contributed by atoms with Crippen molar-refractivity contribution in [3.05, 3.63) is 34.1 Å². The van der Waals surface area contributed by atoms with Gasteiger partial charge in [0.15, 0.2) is 5.75 Å². The summed E-state index contributed by atoms with van der Waals surface area (Å²) in [6.07, 6.45) is 1.71. The molecule has 20 heavy (non-hydrogen) atoms. The Morgan fingerprint density at radius 1 is 1.55 bits per heavy atom. The maximum atomic E-state index is 13.0. The average molecular weight is 281 g/mol. The summed E-state index contributed by atoms with van der Waals surface area (Å²) in [5.41, 5.74) is 4.50. The van der Waals surface area contributed by atoms with E-state index in [2.05, 4.69) is 0 Å². The highest BCUT2D eigenvalue weighted by molar-refractivity contribution is 5.46. The van der Waals surface area contributed by atoms with E-state index < -0.39 is 16.3 Å². The molecule has 0 saturated carbocycles. The highest BCUT2D eigenvalue weighted by Crippen LogP contribution is 2.27. The average Bonchev–Trinajstić information content (AvgIpc) is 2.38. The predicted molar refractivity (Wildman–Crippen MR) is 70.6 cm³/mol. The third kappa shape index (κ3) is 4.82. The molecule has 0 saturated heterocycles. The molecule has 7 heteroatoms. The first kappa shape index (κ1) is 15.9. The molecule has 1 aromatic rings. The van der Waals surface area contributed by atoms with Crippen molar-refractivity contribution in [3.8, 4) is 11.8 Å². The van der Waals surface area contributed by atoms with Crippen molar-refractivity contribution in [2.75, 3.05) is 6.61 Å². The monoisotopic (exact) mass is 281 g/mol. The second kappa shape index (κ2) is 6.82. The number of rotatable bonds is 7. The van der Waals surface area contributed by atoms with Crippen molar-refractivity contribution in [2.24, 2.45) is 5.73 Å². The number of benzene rings is 1. The fourth-order valence-electron chi connectivity index (χ4n) is 1.59. The smallest absolute Gasteiger partial charge is 0.311 e. The van der Waals surface area contributed by atoms with E-state index in [9.17, 15) is 14.5 Å². The Bertz CT molecular complexity index is 526. The molecule has 1 atom stereocenters. The number of nitrogens with zero attached hydrogens (tertiary/aromatic N) is 2. The lowest BCUT2D eigenvalue weighted by Crippen LogP contribution is -2.33. The zero-order valence-electron chi connectivity index (χ0n) is 11.1. The summed E-state index contributed by atoms with van der Waals surface area (Å²) in [6, 6.07) is 5.04. The van der Waals surface area contributed by atoms with E-state index in [0.717, 1.165) is 18.2 Å². The summed E-state index contributed by atoms with van der Waals surface area (Å²) in [6.45, 7) is 1.83. The summed E-state index contributed by atoms with van der Waals surface area (Å²) >= 11 is 0. The zero-order chi connectivity index (χ0) is 15.2. The summed E-state index contributed by atoms with van der Waals surface area (Å²) < 4.78 is 18.3. The fourth-order valence-corrected chi connectivity index (χ4v) is 1.59. The van der Waals surface area contributed by atoms with Crippen molar-refractivity contribution < 1.29 is 14.1 Å². The molecule has 0 aliphatic heterocycles. The van der Waals surface area contributed by atoms with Gasteiger partial charge in [-0.3, -0.25) is 10.1 Å². The first-order chi connectivity index (χ1) is 9.35. The lowest BCUT2D eigenvalue weighted by atomic mass is 9.98. The number of nitro benzene ring substituents is 1. The maximum absolute atomic E-state index is 13.0. The zero-order valence-corrected chi connectivity index (χ0v) is 11.1. The van der Waals surface area contributed by atoms with Gasteiger partial charge in [-0.15, -0.1) is 0 Å². The molecule has 0 radical (unpaired) electrons. The van der Waals surface area contributed by atoms with Crippen molar-refractivity contribution in [1.29, 1.82) is 5.26 Å². The van der Waals surface area contributed by atoms with Crippen molar-refractivity contribution in [3.63, 3.8) is 0 Å². The standard InChI is InChI=1S/C13H16FN3O3/c1-13(16,9-15)6-2-3-7-20-12-8-10(14)4-5-11(12)17(18)19/h4-5,8H,2-3,6-7,16H2,1H3. The van der Waals surface area contributed by atoms with E-state index in [1.807, 2.05) is 6.07 Å². The van der Waals surface area contributed by atoms with Gasteiger partial charge in [0.05, 0.1) is 17.6 Å². The quantitative estimate of drug-likeness (QED) is 0.470. The lowest BCUT2D eigenvalue weighted by molar-refractivity contribution is -0.385. The van der Waals surface area contributed by atoms with Gasteiger partial charge in [-0.25, -0.2) is 4.39 Å². The molecule has 0 fully saturated rings. The minimum Gasteiger partial charge on any atom is -0.487 e. The molecule has 0 aliphatic carbocycles. The Morgan fingerprint density at radius 3 is 2.85 bits per heavy atom. The number of nitriles is 1. The minimum atomic E-state index is -0.884. The van der Waals surface area contributed by atoms with E-state index in [1.165, 1.54) is 0 Å². The van der Waals surface area contributed by atoms with E-state index in [-0.39, 0.29) is 18.0 Å². The van der Waals surface area contributed by atoms with Gasteiger partial charge in [-0.05, 0) is 32.3 Å². The molecule has 1 unspecified atom stereocenters. The number of halogens is 1. The van der Waals surface area contributed by atoms with E-state index in [4.69, 9.17) is 15.7 Å². The SMILES string of the molecule is CC(N)(C#N)CCCCOc1cc(F)ccc1[N+](=O)[O-]. The summed E-state index contributed by atoms with van der Waals surface area (Å²) in [5, 5.41) is 19.5. The summed E-state index contributed by atoms with van der Waals surface area (Å²) in [7, 11) is 0. The Hall–Kier alpha value is -2.20. The van der Waals surface area contributed by atoms with Crippen LogP contribution >= 0.6 is 0 Å². The topological polar surface area (TPSA) is 102 Å². The number of nitro groups is 1. The number of nitrogens with two attached hydrogens (primary N) is 1. The highest BCUT2D eigenvalue weighted by atomic mass is 19.1. The van der Waals surface area contributed by atoms with Crippen LogP contribution in [0.15, 0.2) is 18.2 Å². The number of hydrogen-bond donors (Lipinski definition) is 1. The molecule has 1 aromatic carbocycles. The van der Waals surface area contributed by atoms with E-state index in [1.54, 1.807) is 6.92 Å². The van der Waals surface area contributed by atoms with Crippen molar-refractivity contribution in [1.82, 2.24) is 0 Å². The normalized spacial score (nSPS) is 13.3. The van der Waals surface area contributed by atoms with Gasteiger partial charge >= 0.3 is 5.69 Å². The molecule has 0 aromatic heterocycles. The molecule has 108 valence electrons. The third-order valence-electron chi connectivity index (χ3n) is 2.72. The molecule has 0 heterocycles.